The monoisotopic (exact) mass is 467 g/mol. The van der Waals surface area contributed by atoms with Crippen LogP contribution in [0.25, 0.3) is 0 Å². The van der Waals surface area contributed by atoms with Crippen LogP contribution in [0.15, 0.2) is 17.1 Å². The molecule has 7 heteroatoms. The largest absolute Gasteiger partial charge is 0.493 e. The van der Waals surface area contributed by atoms with E-state index >= 15 is 0 Å². The minimum absolute atomic E-state index is 0. The number of hydrogen-bond donors (Lipinski definition) is 1. The lowest BCUT2D eigenvalue weighted by molar-refractivity contribution is 0.270. The number of rotatable bonds is 5. The highest BCUT2D eigenvalue weighted by Crippen LogP contribution is 2.36. The lowest BCUT2D eigenvalue weighted by Crippen LogP contribution is -2.43. The molecule has 0 spiro atoms. The fourth-order valence-electron chi connectivity index (χ4n) is 2.82. The fourth-order valence-corrected chi connectivity index (χ4v) is 3.11. The maximum atomic E-state index is 6.28. The first-order valence-corrected chi connectivity index (χ1v) is 8.47. The summed E-state index contributed by atoms with van der Waals surface area (Å²) < 4.78 is 10.9. The van der Waals surface area contributed by atoms with E-state index < -0.39 is 0 Å². The number of nitrogens with two attached hydrogens (primary N) is 1. The number of aliphatic imine (C=N–C) groups is 1. The second-order valence-electron chi connectivity index (χ2n) is 5.91. The average Bonchev–Trinajstić information content (AvgIpc) is 2.54. The zero-order valence-corrected chi connectivity index (χ0v) is 17.6. The van der Waals surface area contributed by atoms with E-state index in [-0.39, 0.29) is 24.0 Å². The summed E-state index contributed by atoms with van der Waals surface area (Å²) in [4.78, 5) is 6.66. The first kappa shape index (κ1) is 21.2. The number of hydrogen-bond acceptors (Lipinski definition) is 3. The van der Waals surface area contributed by atoms with Crippen LogP contribution in [0.1, 0.15) is 32.3 Å². The van der Waals surface area contributed by atoms with E-state index in [1.807, 2.05) is 19.1 Å². The Morgan fingerprint density at radius 3 is 2.83 bits per heavy atom. The van der Waals surface area contributed by atoms with Gasteiger partial charge in [0.05, 0.1) is 25.3 Å². The second-order valence-corrected chi connectivity index (χ2v) is 6.32. The van der Waals surface area contributed by atoms with Crippen molar-refractivity contribution < 1.29 is 9.47 Å². The Kier molecular flexibility index (Phi) is 8.97. The van der Waals surface area contributed by atoms with Crippen LogP contribution in [0.2, 0.25) is 5.02 Å². The molecule has 0 amide bonds. The maximum absolute atomic E-state index is 6.28. The molecule has 0 saturated carbocycles. The van der Waals surface area contributed by atoms with Crippen LogP contribution >= 0.6 is 35.6 Å². The summed E-state index contributed by atoms with van der Waals surface area (Å²) in [5.41, 5.74) is 7.08. The fraction of sp³-hybridized carbons (Fsp3) is 0.588. The number of likely N-dealkylation sites (tertiary alicyclic amines) is 1. The van der Waals surface area contributed by atoms with Crippen molar-refractivity contribution in [2.75, 3.05) is 26.8 Å². The van der Waals surface area contributed by atoms with Crippen LogP contribution in [0.4, 0.5) is 0 Å². The van der Waals surface area contributed by atoms with Gasteiger partial charge in [0.2, 0.25) is 0 Å². The smallest absolute Gasteiger partial charge is 0.191 e. The summed E-state index contributed by atoms with van der Waals surface area (Å²) in [7, 11) is 1.60. The molecule has 1 aromatic carbocycles. The lowest BCUT2D eigenvalue weighted by Gasteiger charge is -2.31. The van der Waals surface area contributed by atoms with Crippen molar-refractivity contribution >= 4 is 41.5 Å². The van der Waals surface area contributed by atoms with Gasteiger partial charge in [-0.15, -0.1) is 24.0 Å². The van der Waals surface area contributed by atoms with Crippen molar-refractivity contribution in [3.05, 3.63) is 22.7 Å². The van der Waals surface area contributed by atoms with Gasteiger partial charge in [-0.25, -0.2) is 4.99 Å². The number of ether oxygens (including phenoxy) is 2. The summed E-state index contributed by atoms with van der Waals surface area (Å²) >= 11 is 6.28. The molecule has 1 unspecified atom stereocenters. The molecule has 0 radical (unpaired) electrons. The van der Waals surface area contributed by atoms with Crippen LogP contribution in [0, 0.1) is 5.92 Å². The van der Waals surface area contributed by atoms with Crippen LogP contribution in [-0.2, 0) is 6.54 Å². The van der Waals surface area contributed by atoms with E-state index in [9.17, 15) is 0 Å². The molecular weight excluding hydrogens is 441 g/mol. The summed E-state index contributed by atoms with van der Waals surface area (Å²) in [6, 6.07) is 3.75. The first-order chi connectivity index (χ1) is 11.0. The molecule has 0 aromatic heterocycles. The molecule has 2 rings (SSSR count). The minimum Gasteiger partial charge on any atom is -0.493 e. The number of benzene rings is 1. The van der Waals surface area contributed by atoms with Crippen LogP contribution in [-0.4, -0.2) is 37.7 Å². The van der Waals surface area contributed by atoms with Gasteiger partial charge in [-0.3, -0.25) is 0 Å². The lowest BCUT2D eigenvalue weighted by atomic mass is 10.0. The Morgan fingerprint density at radius 1 is 1.46 bits per heavy atom. The minimum atomic E-state index is 0. The van der Waals surface area contributed by atoms with Crippen molar-refractivity contribution in [1.29, 1.82) is 0 Å². The molecule has 0 bridgehead atoms. The normalized spacial score (nSPS) is 18.1. The Labute approximate surface area is 166 Å². The number of piperidine rings is 1. The molecule has 136 valence electrons. The molecule has 1 aliphatic heterocycles. The average molecular weight is 468 g/mol. The molecule has 1 aromatic rings. The molecule has 1 heterocycles. The Bertz CT molecular complexity index is 569. The molecule has 24 heavy (non-hydrogen) atoms. The Hall–Kier alpha value is -0.890. The number of halogens is 2. The van der Waals surface area contributed by atoms with Crippen LogP contribution in [0.3, 0.4) is 0 Å². The summed E-state index contributed by atoms with van der Waals surface area (Å²) in [6.07, 6.45) is 2.43. The standard InChI is InChI=1S/C17H26ClN3O2.HI/c1-4-23-16-14(18)8-13(9-15(16)22-3)10-20-17(19)21-7-5-6-12(2)11-21;/h8-9,12H,4-7,10-11H2,1-3H3,(H2,19,20);1H. The highest BCUT2D eigenvalue weighted by Gasteiger charge is 2.17. The van der Waals surface area contributed by atoms with Gasteiger partial charge in [0, 0.05) is 13.1 Å². The highest BCUT2D eigenvalue weighted by molar-refractivity contribution is 14.0. The predicted octanol–water partition coefficient (Wildman–Crippen LogP) is 3.91. The van der Waals surface area contributed by atoms with Gasteiger partial charge >= 0.3 is 0 Å². The third-order valence-corrected chi connectivity index (χ3v) is 4.26. The summed E-state index contributed by atoms with van der Waals surface area (Å²) in [5, 5.41) is 0.529. The molecule has 1 fully saturated rings. The van der Waals surface area contributed by atoms with Crippen molar-refractivity contribution in [1.82, 2.24) is 4.90 Å². The number of nitrogens with zero attached hydrogens (tertiary/aromatic N) is 2. The number of guanidine groups is 1. The molecule has 5 nitrogen and oxygen atoms in total. The van der Waals surface area contributed by atoms with Crippen LogP contribution in [0.5, 0.6) is 11.5 Å². The van der Waals surface area contributed by atoms with E-state index in [0.717, 1.165) is 18.7 Å². The molecule has 1 atom stereocenters. The number of methoxy groups -OCH3 is 1. The first-order valence-electron chi connectivity index (χ1n) is 8.09. The Morgan fingerprint density at radius 2 is 2.21 bits per heavy atom. The zero-order valence-electron chi connectivity index (χ0n) is 14.5. The van der Waals surface area contributed by atoms with Gasteiger partial charge in [-0.1, -0.05) is 18.5 Å². The van der Waals surface area contributed by atoms with Crippen LogP contribution < -0.4 is 15.2 Å². The molecular formula is C17H27ClIN3O2. The van der Waals surface area contributed by atoms with Gasteiger partial charge < -0.3 is 20.1 Å². The topological polar surface area (TPSA) is 60.1 Å². The maximum Gasteiger partial charge on any atom is 0.191 e. The third kappa shape index (κ3) is 5.58. The van der Waals surface area contributed by atoms with Gasteiger partial charge in [0.25, 0.3) is 0 Å². The third-order valence-electron chi connectivity index (χ3n) is 3.98. The SMILES string of the molecule is CCOc1c(Cl)cc(CN=C(N)N2CCCC(C)C2)cc1OC.I. The second kappa shape index (κ2) is 10.2. The van der Waals surface area contributed by atoms with Gasteiger partial charge in [-0.2, -0.15) is 0 Å². The molecule has 0 aliphatic carbocycles. The van der Waals surface area contributed by atoms with E-state index in [1.165, 1.54) is 12.8 Å². The summed E-state index contributed by atoms with van der Waals surface area (Å²) in [5.74, 6) is 2.45. The van der Waals surface area contributed by atoms with Crippen molar-refractivity contribution in [3.63, 3.8) is 0 Å². The highest BCUT2D eigenvalue weighted by atomic mass is 127. The Balaban J connectivity index is 0.00000288. The zero-order chi connectivity index (χ0) is 16.8. The van der Waals surface area contributed by atoms with E-state index in [2.05, 4.69) is 16.8 Å². The van der Waals surface area contributed by atoms with Gasteiger partial charge in [0.1, 0.15) is 0 Å². The van der Waals surface area contributed by atoms with Gasteiger partial charge in [0.15, 0.2) is 17.5 Å². The van der Waals surface area contributed by atoms with Crippen molar-refractivity contribution in [2.24, 2.45) is 16.6 Å². The van der Waals surface area contributed by atoms with Crippen molar-refractivity contribution in [3.8, 4) is 11.5 Å². The molecule has 1 saturated heterocycles. The quantitative estimate of drug-likeness (QED) is 0.405. The van der Waals surface area contributed by atoms with E-state index in [0.29, 0.717) is 41.6 Å². The van der Waals surface area contributed by atoms with E-state index in [1.54, 1.807) is 7.11 Å². The molecule has 2 N–H and O–H groups in total. The summed E-state index contributed by atoms with van der Waals surface area (Å²) in [6.45, 7) is 7.12. The molecule has 1 aliphatic rings. The predicted molar refractivity (Wildman–Crippen MR) is 110 cm³/mol. The van der Waals surface area contributed by atoms with Crippen molar-refractivity contribution in [2.45, 2.75) is 33.2 Å². The van der Waals surface area contributed by atoms with Gasteiger partial charge in [-0.05, 0) is 43.4 Å². The van der Waals surface area contributed by atoms with E-state index in [4.69, 9.17) is 26.8 Å².